The molecule has 1 amide bonds. The molecule has 0 spiro atoms. The Morgan fingerprint density at radius 3 is 2.85 bits per heavy atom. The summed E-state index contributed by atoms with van der Waals surface area (Å²) in [5.74, 6) is 0.295. The van der Waals surface area contributed by atoms with Crippen LogP contribution in [0.5, 0.6) is 5.75 Å². The van der Waals surface area contributed by atoms with Crippen LogP contribution < -0.4 is 15.8 Å². The lowest BCUT2D eigenvalue weighted by atomic mass is 10.2. The lowest BCUT2D eigenvalue weighted by molar-refractivity contribution is -0.118. The summed E-state index contributed by atoms with van der Waals surface area (Å²) >= 11 is 5.92. The van der Waals surface area contributed by atoms with Crippen LogP contribution in [0.4, 0.5) is 0 Å². The zero-order valence-electron chi connectivity index (χ0n) is 11.7. The first-order chi connectivity index (χ1) is 9.38. The third-order valence-corrected chi connectivity index (χ3v) is 3.21. The summed E-state index contributed by atoms with van der Waals surface area (Å²) in [7, 11) is 0. The Morgan fingerprint density at radius 2 is 2.25 bits per heavy atom. The Bertz CT molecular complexity index is 454. The molecular weight excluding hydrogens is 280 g/mol. The first kappa shape index (κ1) is 16.8. The van der Waals surface area contributed by atoms with Crippen LogP contribution in [-0.4, -0.2) is 36.3 Å². The van der Waals surface area contributed by atoms with Crippen LogP contribution in [0.15, 0.2) is 18.2 Å². The fourth-order valence-electron chi connectivity index (χ4n) is 1.67. The fraction of sp³-hybridized carbons (Fsp3) is 0.500. The molecule has 0 aliphatic carbocycles. The van der Waals surface area contributed by atoms with Gasteiger partial charge in [-0.3, -0.25) is 4.79 Å². The summed E-state index contributed by atoms with van der Waals surface area (Å²) in [4.78, 5) is 10.7. The van der Waals surface area contributed by atoms with Crippen molar-refractivity contribution in [2.45, 2.75) is 32.4 Å². The van der Waals surface area contributed by atoms with E-state index in [-0.39, 0.29) is 25.0 Å². The van der Waals surface area contributed by atoms with E-state index < -0.39 is 6.10 Å². The minimum atomic E-state index is -0.665. The third kappa shape index (κ3) is 6.23. The van der Waals surface area contributed by atoms with E-state index in [1.807, 2.05) is 19.9 Å². The van der Waals surface area contributed by atoms with Gasteiger partial charge in [-0.15, -0.1) is 0 Å². The summed E-state index contributed by atoms with van der Waals surface area (Å²) in [6, 6.07) is 5.26. The molecule has 0 aliphatic rings. The number of nitrogens with one attached hydrogen (secondary N) is 1. The van der Waals surface area contributed by atoms with Gasteiger partial charge in [0, 0.05) is 24.0 Å². The largest absolute Gasteiger partial charge is 0.491 e. The van der Waals surface area contributed by atoms with E-state index in [9.17, 15) is 9.90 Å². The van der Waals surface area contributed by atoms with Gasteiger partial charge in [0.05, 0.1) is 0 Å². The van der Waals surface area contributed by atoms with E-state index in [4.69, 9.17) is 22.1 Å². The number of aliphatic hydroxyl groups is 1. The topological polar surface area (TPSA) is 84.6 Å². The van der Waals surface area contributed by atoms with Gasteiger partial charge >= 0.3 is 0 Å². The molecule has 2 unspecified atom stereocenters. The number of aryl methyl sites for hydroxylation is 1. The number of halogens is 1. The number of hydrogen-bond donors (Lipinski definition) is 3. The summed E-state index contributed by atoms with van der Waals surface area (Å²) in [6.07, 6.45) is -0.425. The van der Waals surface area contributed by atoms with Gasteiger partial charge in [-0.1, -0.05) is 11.6 Å². The lowest BCUT2D eigenvalue weighted by Crippen LogP contribution is -2.38. The zero-order valence-corrected chi connectivity index (χ0v) is 12.5. The van der Waals surface area contributed by atoms with Gasteiger partial charge in [0.2, 0.25) is 5.91 Å². The van der Waals surface area contributed by atoms with E-state index in [1.54, 1.807) is 12.1 Å². The molecular formula is C14H21ClN2O3. The number of ether oxygens (including phenoxy) is 1. The molecule has 2 atom stereocenters. The molecule has 1 aromatic rings. The minimum absolute atomic E-state index is 0.0695. The molecule has 4 N–H and O–H groups in total. The van der Waals surface area contributed by atoms with Crippen LogP contribution in [0.2, 0.25) is 5.02 Å². The fourth-order valence-corrected chi connectivity index (χ4v) is 1.79. The van der Waals surface area contributed by atoms with Crippen molar-refractivity contribution in [1.29, 1.82) is 0 Å². The molecule has 0 fully saturated rings. The van der Waals surface area contributed by atoms with E-state index in [0.29, 0.717) is 17.3 Å². The molecule has 112 valence electrons. The van der Waals surface area contributed by atoms with Gasteiger partial charge in [0.15, 0.2) is 0 Å². The predicted octanol–water partition coefficient (Wildman–Crippen LogP) is 1.24. The van der Waals surface area contributed by atoms with Gasteiger partial charge in [-0.05, 0) is 37.6 Å². The van der Waals surface area contributed by atoms with Crippen molar-refractivity contribution in [1.82, 2.24) is 5.32 Å². The molecule has 0 aliphatic heterocycles. The molecule has 0 bridgehead atoms. The van der Waals surface area contributed by atoms with Crippen molar-refractivity contribution in [3.63, 3.8) is 0 Å². The molecule has 20 heavy (non-hydrogen) atoms. The average molecular weight is 301 g/mol. The molecule has 0 saturated heterocycles. The Labute approximate surface area is 124 Å². The zero-order chi connectivity index (χ0) is 15.1. The van der Waals surface area contributed by atoms with Crippen molar-refractivity contribution in [3.8, 4) is 5.75 Å². The normalized spacial score (nSPS) is 13.8. The molecule has 1 aromatic carbocycles. The second kappa shape index (κ2) is 8.09. The van der Waals surface area contributed by atoms with Crippen molar-refractivity contribution in [3.05, 3.63) is 28.8 Å². The minimum Gasteiger partial charge on any atom is -0.491 e. The lowest BCUT2D eigenvalue weighted by Gasteiger charge is -2.17. The summed E-state index contributed by atoms with van der Waals surface area (Å²) < 4.78 is 5.48. The van der Waals surface area contributed by atoms with Gasteiger partial charge in [-0.2, -0.15) is 0 Å². The van der Waals surface area contributed by atoms with Crippen molar-refractivity contribution < 1.29 is 14.6 Å². The van der Waals surface area contributed by atoms with E-state index in [2.05, 4.69) is 5.32 Å². The smallest absolute Gasteiger partial charge is 0.218 e. The Hall–Kier alpha value is -1.30. The number of nitrogens with two attached hydrogens (primary N) is 1. The third-order valence-electron chi connectivity index (χ3n) is 2.78. The number of amides is 1. The Kier molecular flexibility index (Phi) is 6.78. The maximum atomic E-state index is 10.7. The van der Waals surface area contributed by atoms with E-state index >= 15 is 0 Å². The number of rotatable bonds is 8. The van der Waals surface area contributed by atoms with Crippen LogP contribution in [0.1, 0.15) is 18.9 Å². The molecule has 5 nitrogen and oxygen atoms in total. The summed E-state index contributed by atoms with van der Waals surface area (Å²) in [5.41, 5.74) is 6.01. The Balaban J connectivity index is 2.30. The van der Waals surface area contributed by atoms with Gasteiger partial charge in [0.25, 0.3) is 0 Å². The van der Waals surface area contributed by atoms with Crippen molar-refractivity contribution in [2.75, 3.05) is 13.2 Å². The van der Waals surface area contributed by atoms with Crippen molar-refractivity contribution >= 4 is 17.5 Å². The highest BCUT2D eigenvalue weighted by molar-refractivity contribution is 6.31. The second-order valence-electron chi connectivity index (χ2n) is 4.86. The maximum absolute atomic E-state index is 10.7. The number of carbonyl (C=O) groups excluding carboxylic acids is 1. The monoisotopic (exact) mass is 300 g/mol. The average Bonchev–Trinajstić information content (AvgIpc) is 2.37. The molecule has 0 radical (unpaired) electrons. The van der Waals surface area contributed by atoms with Gasteiger partial charge < -0.3 is 20.9 Å². The predicted molar refractivity (Wildman–Crippen MR) is 79.0 cm³/mol. The highest BCUT2D eigenvalue weighted by atomic mass is 35.5. The molecule has 6 heteroatoms. The Morgan fingerprint density at radius 1 is 1.55 bits per heavy atom. The van der Waals surface area contributed by atoms with Gasteiger partial charge in [0.1, 0.15) is 18.5 Å². The van der Waals surface area contributed by atoms with Crippen LogP contribution in [0, 0.1) is 6.92 Å². The van der Waals surface area contributed by atoms with Crippen LogP contribution in [0.25, 0.3) is 0 Å². The van der Waals surface area contributed by atoms with Crippen LogP contribution in [0.3, 0.4) is 0 Å². The first-order valence-electron chi connectivity index (χ1n) is 6.47. The van der Waals surface area contributed by atoms with E-state index in [0.717, 1.165) is 5.56 Å². The standard InChI is InChI=1S/C14H21ClN2O3/c1-9-5-12(3-4-13(9)15)20-8-11(18)7-17-10(2)6-14(16)19/h3-5,10-11,17-18H,6-8H2,1-2H3,(H2,16,19). The molecule has 0 heterocycles. The summed E-state index contributed by atoms with van der Waals surface area (Å²) in [5, 5.41) is 13.5. The maximum Gasteiger partial charge on any atom is 0.218 e. The second-order valence-corrected chi connectivity index (χ2v) is 5.26. The number of primary amides is 1. The van der Waals surface area contributed by atoms with Crippen LogP contribution >= 0.6 is 11.6 Å². The number of benzene rings is 1. The quantitative estimate of drug-likeness (QED) is 0.674. The van der Waals surface area contributed by atoms with Crippen LogP contribution in [-0.2, 0) is 4.79 Å². The molecule has 0 saturated carbocycles. The number of carbonyl (C=O) groups is 1. The summed E-state index contributed by atoms with van der Waals surface area (Å²) in [6.45, 7) is 4.22. The highest BCUT2D eigenvalue weighted by Crippen LogP contribution is 2.21. The van der Waals surface area contributed by atoms with E-state index in [1.165, 1.54) is 0 Å². The molecule has 1 rings (SSSR count). The SMILES string of the molecule is Cc1cc(OCC(O)CNC(C)CC(N)=O)ccc1Cl. The van der Waals surface area contributed by atoms with Crippen molar-refractivity contribution in [2.24, 2.45) is 5.73 Å². The first-order valence-corrected chi connectivity index (χ1v) is 6.85. The highest BCUT2D eigenvalue weighted by Gasteiger charge is 2.10. The number of aliphatic hydroxyl groups excluding tert-OH is 1. The number of hydrogen-bond acceptors (Lipinski definition) is 4. The van der Waals surface area contributed by atoms with Gasteiger partial charge in [-0.25, -0.2) is 0 Å². The molecule has 0 aromatic heterocycles.